The summed E-state index contributed by atoms with van der Waals surface area (Å²) in [6.45, 7) is -0.401. The normalized spacial score (nSPS) is 12.6. The molecule has 186 valence electrons. The SMILES string of the molecule is O=COCCCCOC(=O)C(CCOC=O)(CN(CCO)CCO)C(=O)OCCCCO. The van der Waals surface area contributed by atoms with Gasteiger partial charge in [0.2, 0.25) is 0 Å². The van der Waals surface area contributed by atoms with Gasteiger partial charge < -0.3 is 34.3 Å². The molecule has 0 bridgehead atoms. The van der Waals surface area contributed by atoms with Crippen LogP contribution < -0.4 is 0 Å². The van der Waals surface area contributed by atoms with Crippen LogP contribution in [0.4, 0.5) is 0 Å². The molecule has 0 aromatic carbocycles. The first-order valence-corrected chi connectivity index (χ1v) is 10.5. The molecule has 0 amide bonds. The van der Waals surface area contributed by atoms with Crippen molar-refractivity contribution < 1.29 is 53.4 Å². The summed E-state index contributed by atoms with van der Waals surface area (Å²) < 4.78 is 19.9. The third-order valence-corrected chi connectivity index (χ3v) is 4.57. The zero-order valence-electron chi connectivity index (χ0n) is 18.3. The van der Waals surface area contributed by atoms with Crippen LogP contribution in [0.2, 0.25) is 0 Å². The highest BCUT2D eigenvalue weighted by Crippen LogP contribution is 2.29. The lowest BCUT2D eigenvalue weighted by Crippen LogP contribution is -2.52. The summed E-state index contributed by atoms with van der Waals surface area (Å²) in [6, 6.07) is 0. The summed E-state index contributed by atoms with van der Waals surface area (Å²) in [4.78, 5) is 48.4. The van der Waals surface area contributed by atoms with Crippen molar-refractivity contribution in [2.75, 3.05) is 65.9 Å². The molecular formula is C20H35NO11. The molecule has 0 aliphatic carbocycles. The Morgan fingerprint density at radius 2 is 1.22 bits per heavy atom. The molecule has 0 saturated heterocycles. The summed E-state index contributed by atoms with van der Waals surface area (Å²) in [5.74, 6) is -1.78. The first-order chi connectivity index (χ1) is 15.5. The van der Waals surface area contributed by atoms with Crippen LogP contribution in [-0.2, 0) is 38.1 Å². The predicted octanol–water partition coefficient (Wildman–Crippen LogP) is -1.37. The highest BCUT2D eigenvalue weighted by atomic mass is 16.6. The number of aliphatic hydroxyl groups is 3. The minimum Gasteiger partial charge on any atom is -0.468 e. The average molecular weight is 465 g/mol. The lowest BCUT2D eigenvalue weighted by atomic mass is 9.83. The van der Waals surface area contributed by atoms with E-state index >= 15 is 0 Å². The van der Waals surface area contributed by atoms with Crippen LogP contribution in [0.25, 0.3) is 0 Å². The number of carbonyl (C=O) groups excluding carboxylic acids is 4. The number of hydrogen-bond donors (Lipinski definition) is 3. The minimum atomic E-state index is -1.87. The molecule has 0 saturated carbocycles. The number of aliphatic hydroxyl groups excluding tert-OH is 3. The summed E-state index contributed by atoms with van der Waals surface area (Å²) in [5, 5.41) is 27.5. The van der Waals surface area contributed by atoms with Gasteiger partial charge in [0.1, 0.15) is 0 Å². The van der Waals surface area contributed by atoms with E-state index in [2.05, 4.69) is 4.74 Å². The molecule has 0 radical (unpaired) electrons. The van der Waals surface area contributed by atoms with E-state index in [-0.39, 0.29) is 78.8 Å². The van der Waals surface area contributed by atoms with Gasteiger partial charge in [0.25, 0.3) is 12.9 Å². The molecule has 0 rings (SSSR count). The minimum absolute atomic E-state index is 0.0357. The fraction of sp³-hybridized carbons (Fsp3) is 0.800. The van der Waals surface area contributed by atoms with Crippen molar-refractivity contribution in [2.45, 2.75) is 32.1 Å². The van der Waals surface area contributed by atoms with Gasteiger partial charge in [-0.05, 0) is 25.7 Å². The fourth-order valence-corrected chi connectivity index (χ4v) is 2.87. The molecule has 0 aromatic heterocycles. The fourth-order valence-electron chi connectivity index (χ4n) is 2.87. The Labute approximate surface area is 187 Å². The van der Waals surface area contributed by atoms with Crippen molar-refractivity contribution in [3.8, 4) is 0 Å². The van der Waals surface area contributed by atoms with Gasteiger partial charge >= 0.3 is 11.9 Å². The van der Waals surface area contributed by atoms with Crippen LogP contribution in [0.3, 0.4) is 0 Å². The van der Waals surface area contributed by atoms with Crippen LogP contribution in [0.1, 0.15) is 32.1 Å². The van der Waals surface area contributed by atoms with E-state index in [4.69, 9.17) is 19.3 Å². The number of unbranched alkanes of at least 4 members (excludes halogenated alkanes) is 2. The standard InChI is InChI=1S/C20H35NO11/c22-8-1-2-12-31-18(27)20(5-14-30-17-26,15-21(6-9-23)7-10-24)19(28)32-13-4-3-11-29-16-25/h16-17,22-24H,1-15H2. The molecule has 0 fully saturated rings. The van der Waals surface area contributed by atoms with Gasteiger partial charge in [-0.3, -0.25) is 24.1 Å². The Bertz CT molecular complexity index is 526. The monoisotopic (exact) mass is 465 g/mol. The maximum absolute atomic E-state index is 13.1. The third-order valence-electron chi connectivity index (χ3n) is 4.57. The summed E-state index contributed by atoms with van der Waals surface area (Å²) >= 11 is 0. The molecule has 0 aromatic rings. The van der Waals surface area contributed by atoms with Crippen molar-refractivity contribution in [3.63, 3.8) is 0 Å². The molecule has 0 aliphatic rings. The second-order valence-electron chi connectivity index (χ2n) is 6.90. The van der Waals surface area contributed by atoms with E-state index in [1.165, 1.54) is 4.90 Å². The van der Waals surface area contributed by atoms with Gasteiger partial charge in [0, 0.05) is 32.7 Å². The van der Waals surface area contributed by atoms with Gasteiger partial charge in [-0.15, -0.1) is 0 Å². The number of ether oxygens (including phenoxy) is 4. The first kappa shape index (κ1) is 29.7. The smallest absolute Gasteiger partial charge is 0.324 e. The van der Waals surface area contributed by atoms with Crippen molar-refractivity contribution in [1.29, 1.82) is 0 Å². The van der Waals surface area contributed by atoms with Crippen LogP contribution in [0.5, 0.6) is 0 Å². The molecule has 1 unspecified atom stereocenters. The predicted molar refractivity (Wildman–Crippen MR) is 109 cm³/mol. The molecule has 0 spiro atoms. The first-order valence-electron chi connectivity index (χ1n) is 10.5. The Kier molecular flexibility index (Phi) is 18.0. The molecule has 0 heterocycles. The van der Waals surface area contributed by atoms with Crippen molar-refractivity contribution in [2.24, 2.45) is 5.41 Å². The molecule has 3 N–H and O–H groups in total. The van der Waals surface area contributed by atoms with E-state index in [0.717, 1.165) is 0 Å². The topological polar surface area (TPSA) is 169 Å². The largest absolute Gasteiger partial charge is 0.468 e. The van der Waals surface area contributed by atoms with E-state index in [1.807, 2.05) is 0 Å². The summed E-state index contributed by atoms with van der Waals surface area (Å²) in [7, 11) is 0. The van der Waals surface area contributed by atoms with E-state index in [0.29, 0.717) is 32.2 Å². The van der Waals surface area contributed by atoms with Gasteiger partial charge in [-0.25, -0.2) is 0 Å². The third kappa shape index (κ3) is 11.9. The number of rotatable bonds is 22. The molecule has 12 heteroatoms. The molecule has 1 atom stereocenters. The number of nitrogens with zero attached hydrogens (tertiary/aromatic N) is 1. The molecule has 12 nitrogen and oxygen atoms in total. The Hall–Kier alpha value is -2.28. The highest BCUT2D eigenvalue weighted by molar-refractivity contribution is 6.00. The van der Waals surface area contributed by atoms with Crippen molar-refractivity contribution in [1.82, 2.24) is 4.90 Å². The van der Waals surface area contributed by atoms with Gasteiger partial charge in [0.05, 0.1) is 39.6 Å². The van der Waals surface area contributed by atoms with Crippen LogP contribution in [-0.4, -0.2) is 111 Å². The van der Waals surface area contributed by atoms with Gasteiger partial charge in [-0.2, -0.15) is 0 Å². The molecular weight excluding hydrogens is 430 g/mol. The zero-order valence-corrected chi connectivity index (χ0v) is 18.3. The zero-order chi connectivity index (χ0) is 24.1. The molecule has 0 aliphatic heterocycles. The second-order valence-corrected chi connectivity index (χ2v) is 6.90. The van der Waals surface area contributed by atoms with E-state index in [9.17, 15) is 29.4 Å². The quantitative estimate of drug-likeness (QED) is 0.0565. The maximum Gasteiger partial charge on any atom is 0.324 e. The summed E-state index contributed by atoms with van der Waals surface area (Å²) in [5.41, 5.74) is -1.87. The second kappa shape index (κ2) is 19.4. The Morgan fingerprint density at radius 3 is 1.72 bits per heavy atom. The number of hydrogen-bond acceptors (Lipinski definition) is 12. The lowest BCUT2D eigenvalue weighted by molar-refractivity contribution is -0.177. The number of esters is 2. The van der Waals surface area contributed by atoms with E-state index < -0.39 is 17.4 Å². The van der Waals surface area contributed by atoms with Crippen molar-refractivity contribution in [3.05, 3.63) is 0 Å². The lowest BCUT2D eigenvalue weighted by Gasteiger charge is -2.34. The van der Waals surface area contributed by atoms with Crippen LogP contribution in [0.15, 0.2) is 0 Å². The summed E-state index contributed by atoms with van der Waals surface area (Å²) in [6.07, 6.45) is 1.38. The number of carbonyl (C=O) groups is 4. The average Bonchev–Trinajstić information content (AvgIpc) is 2.78. The van der Waals surface area contributed by atoms with Crippen molar-refractivity contribution >= 4 is 24.9 Å². The Balaban J connectivity index is 5.55. The van der Waals surface area contributed by atoms with Gasteiger partial charge in [-0.1, -0.05) is 0 Å². The van der Waals surface area contributed by atoms with Crippen LogP contribution >= 0.6 is 0 Å². The maximum atomic E-state index is 13.1. The van der Waals surface area contributed by atoms with Gasteiger partial charge in [0.15, 0.2) is 5.41 Å². The van der Waals surface area contributed by atoms with E-state index in [1.54, 1.807) is 0 Å². The Morgan fingerprint density at radius 1 is 0.719 bits per heavy atom. The highest BCUT2D eigenvalue weighted by Gasteiger charge is 2.50. The van der Waals surface area contributed by atoms with Crippen LogP contribution in [0, 0.1) is 5.41 Å². The molecule has 32 heavy (non-hydrogen) atoms.